The summed E-state index contributed by atoms with van der Waals surface area (Å²) >= 11 is 0. The highest BCUT2D eigenvalue weighted by atomic mass is 19.1. The Bertz CT molecular complexity index is 2480. The molecule has 60 heavy (non-hydrogen) atoms. The van der Waals surface area contributed by atoms with Crippen LogP contribution in [0.4, 0.5) is 33.1 Å². The Morgan fingerprint density at radius 1 is 0.900 bits per heavy atom. The minimum atomic E-state index is -1.12. The van der Waals surface area contributed by atoms with Gasteiger partial charge in [0.15, 0.2) is 11.5 Å². The van der Waals surface area contributed by atoms with Crippen LogP contribution in [0.15, 0.2) is 83.8 Å². The fraction of sp³-hybridized carbons (Fsp3) is 0.409. The van der Waals surface area contributed by atoms with E-state index < -0.39 is 11.6 Å². The normalized spacial score (nSPS) is 22.2. The Kier molecular flexibility index (Phi) is 10.8. The SMILES string of the molecule is CC1(O)CC/C=C\Cn2c(=O)c3cnc(Nc4ccc(N5CCN(CC6CCN(c7ccc(NC8CCC(=O)NC8=O)cc7F)CC6)CC5)cc4)nc3n2-c2cccc1n2. The number of carbonyl (C=O) groups excluding carboxylic acids is 2. The first-order valence-corrected chi connectivity index (χ1v) is 20.9. The average molecular weight is 816 g/mol. The molecule has 0 radical (unpaired) electrons. The lowest BCUT2D eigenvalue weighted by Crippen LogP contribution is -2.49. The molecule has 0 aliphatic carbocycles. The number of hydrogen-bond donors (Lipinski definition) is 4. The molecule has 7 heterocycles. The second kappa shape index (κ2) is 16.5. The molecular formula is C44H50FN11O4. The lowest BCUT2D eigenvalue weighted by Gasteiger charge is -2.40. The first-order chi connectivity index (χ1) is 29.1. The molecule has 2 aromatic carbocycles. The summed E-state index contributed by atoms with van der Waals surface area (Å²) in [6, 6.07) is 18.2. The van der Waals surface area contributed by atoms with Gasteiger partial charge in [0, 0.05) is 75.5 Å². The molecule has 2 amide bonds. The summed E-state index contributed by atoms with van der Waals surface area (Å²) in [4.78, 5) is 58.3. The van der Waals surface area contributed by atoms with Crippen LogP contribution in [-0.2, 0) is 21.7 Å². The molecule has 4 aliphatic rings. The van der Waals surface area contributed by atoms with E-state index in [1.807, 2.05) is 36.4 Å². The number of carbonyl (C=O) groups is 2. The monoisotopic (exact) mass is 815 g/mol. The summed E-state index contributed by atoms with van der Waals surface area (Å²) < 4.78 is 18.5. The molecule has 15 nitrogen and oxygen atoms in total. The van der Waals surface area contributed by atoms with Gasteiger partial charge in [-0.1, -0.05) is 18.2 Å². The quantitative estimate of drug-likeness (QED) is 0.127. The largest absolute Gasteiger partial charge is 0.384 e. The van der Waals surface area contributed by atoms with Gasteiger partial charge < -0.3 is 25.5 Å². The zero-order chi connectivity index (χ0) is 41.4. The van der Waals surface area contributed by atoms with E-state index in [0.29, 0.717) is 71.6 Å². The molecule has 3 saturated heterocycles. The summed E-state index contributed by atoms with van der Waals surface area (Å²) in [5.41, 5.74) is 2.70. The number of anilines is 5. The summed E-state index contributed by atoms with van der Waals surface area (Å²) in [6.45, 7) is 8.48. The number of halogens is 1. The third-order valence-electron chi connectivity index (χ3n) is 12.3. The van der Waals surface area contributed by atoms with Gasteiger partial charge in [0.2, 0.25) is 17.8 Å². The molecule has 3 aromatic heterocycles. The van der Waals surface area contributed by atoms with E-state index in [1.165, 1.54) is 6.07 Å². The number of piperidine rings is 2. The van der Waals surface area contributed by atoms with Gasteiger partial charge in [-0.25, -0.2) is 23.7 Å². The van der Waals surface area contributed by atoms with Crippen LogP contribution in [0.2, 0.25) is 0 Å². The number of piperazine rings is 1. The molecular weight excluding hydrogens is 766 g/mol. The number of aliphatic hydroxyl groups is 1. The van der Waals surface area contributed by atoms with Crippen molar-refractivity contribution in [3.8, 4) is 5.82 Å². The van der Waals surface area contributed by atoms with Crippen molar-refractivity contribution in [2.45, 2.75) is 63.6 Å². The number of amides is 2. The topological polar surface area (TPSA) is 166 Å². The van der Waals surface area contributed by atoms with Gasteiger partial charge in [0.05, 0.1) is 17.9 Å². The molecule has 4 N–H and O–H groups in total. The van der Waals surface area contributed by atoms with E-state index in [-0.39, 0.29) is 29.6 Å². The van der Waals surface area contributed by atoms with Crippen molar-refractivity contribution in [3.63, 3.8) is 0 Å². The molecule has 2 atom stereocenters. The van der Waals surface area contributed by atoms with Crippen LogP contribution in [0.25, 0.3) is 16.9 Å². The van der Waals surface area contributed by atoms with Crippen LogP contribution in [0.5, 0.6) is 0 Å². The number of fused-ring (bicyclic) bond motifs is 6. The molecule has 4 aliphatic heterocycles. The summed E-state index contributed by atoms with van der Waals surface area (Å²) in [6.07, 6.45) is 9.27. The van der Waals surface area contributed by atoms with Gasteiger partial charge in [-0.2, -0.15) is 4.98 Å². The molecule has 2 bridgehead atoms. The third kappa shape index (κ3) is 8.21. The van der Waals surface area contributed by atoms with Crippen molar-refractivity contribution >= 4 is 51.5 Å². The van der Waals surface area contributed by atoms with Crippen LogP contribution in [0.1, 0.15) is 51.1 Å². The van der Waals surface area contributed by atoms with Crippen LogP contribution in [-0.4, -0.2) is 98.0 Å². The van der Waals surface area contributed by atoms with Gasteiger partial charge in [-0.05, 0) is 99.5 Å². The minimum Gasteiger partial charge on any atom is -0.384 e. The van der Waals surface area contributed by atoms with Gasteiger partial charge in [-0.3, -0.25) is 24.6 Å². The second-order valence-corrected chi connectivity index (χ2v) is 16.5. The van der Waals surface area contributed by atoms with E-state index in [4.69, 9.17) is 9.97 Å². The highest BCUT2D eigenvalue weighted by molar-refractivity contribution is 6.01. The Morgan fingerprint density at radius 3 is 2.45 bits per heavy atom. The lowest BCUT2D eigenvalue weighted by atomic mass is 9.95. The lowest BCUT2D eigenvalue weighted by molar-refractivity contribution is -0.133. The first-order valence-electron chi connectivity index (χ1n) is 20.9. The molecule has 9 rings (SSSR count). The molecule has 0 spiro atoms. The van der Waals surface area contributed by atoms with Gasteiger partial charge in [0.1, 0.15) is 22.8 Å². The molecule has 0 saturated carbocycles. The number of nitrogens with zero attached hydrogens (tertiary/aromatic N) is 8. The minimum absolute atomic E-state index is 0.215. The first kappa shape index (κ1) is 39.3. The summed E-state index contributed by atoms with van der Waals surface area (Å²) in [5.74, 6) is 0.430. The van der Waals surface area contributed by atoms with E-state index in [9.17, 15) is 19.5 Å². The number of rotatable bonds is 8. The standard InChI is InChI=1S/C44H50FN11O4/c1-44(60)18-3-2-4-19-55-42(59)33-27-46-43(51-40(33)56(55)38-7-5-6-37(44)49-38)48-30-8-11-32(12-9-30)53-24-22-52(23-25-53)28-29-16-20-54(21-17-29)36-14-10-31(26-34(36)45)47-35-13-15-39(57)50-41(35)58/h2,4-12,14,26-27,29,35,47,60H,3,13,15-25,28H2,1H3,(H,46,48,51)(H,50,57,58)/b4-2-. The number of hydrogen-bond acceptors (Lipinski definition) is 12. The van der Waals surface area contributed by atoms with Crippen molar-refractivity contribution in [1.29, 1.82) is 0 Å². The Labute approximate surface area is 346 Å². The average Bonchev–Trinajstić information content (AvgIpc) is 3.52. The van der Waals surface area contributed by atoms with Crippen LogP contribution < -0.4 is 31.3 Å². The van der Waals surface area contributed by atoms with Crippen molar-refractivity contribution in [2.75, 3.05) is 66.2 Å². The fourth-order valence-electron chi connectivity index (χ4n) is 8.79. The smallest absolute Gasteiger partial charge is 0.278 e. The van der Waals surface area contributed by atoms with Gasteiger partial charge in [-0.15, -0.1) is 0 Å². The third-order valence-corrected chi connectivity index (χ3v) is 12.3. The van der Waals surface area contributed by atoms with E-state index in [0.717, 1.165) is 70.0 Å². The number of imide groups is 1. The predicted octanol–water partition coefficient (Wildman–Crippen LogP) is 4.67. The number of nitrogens with one attached hydrogen (secondary N) is 3. The summed E-state index contributed by atoms with van der Waals surface area (Å²) in [7, 11) is 0. The second-order valence-electron chi connectivity index (χ2n) is 16.5. The molecule has 2 unspecified atom stereocenters. The van der Waals surface area contributed by atoms with Crippen molar-refractivity contribution in [1.82, 2.24) is 34.5 Å². The predicted molar refractivity (Wildman–Crippen MR) is 228 cm³/mol. The van der Waals surface area contributed by atoms with Crippen molar-refractivity contribution in [2.24, 2.45) is 5.92 Å². The zero-order valence-electron chi connectivity index (χ0n) is 33.7. The number of pyridine rings is 1. The highest BCUT2D eigenvalue weighted by Crippen LogP contribution is 2.30. The zero-order valence-corrected chi connectivity index (χ0v) is 33.7. The molecule has 16 heteroatoms. The Morgan fingerprint density at radius 2 is 1.68 bits per heavy atom. The van der Waals surface area contributed by atoms with Crippen LogP contribution >= 0.6 is 0 Å². The van der Waals surface area contributed by atoms with Gasteiger partial charge >= 0.3 is 0 Å². The van der Waals surface area contributed by atoms with Crippen molar-refractivity contribution < 1.29 is 19.1 Å². The Hall–Kier alpha value is -6.13. The van der Waals surface area contributed by atoms with E-state index in [1.54, 1.807) is 40.7 Å². The van der Waals surface area contributed by atoms with Gasteiger partial charge in [0.25, 0.3) is 5.56 Å². The molecule has 5 aromatic rings. The number of allylic oxidation sites excluding steroid dienone is 2. The van der Waals surface area contributed by atoms with E-state index in [2.05, 4.69) is 47.8 Å². The summed E-state index contributed by atoms with van der Waals surface area (Å²) in [5, 5.41) is 20.2. The van der Waals surface area contributed by atoms with E-state index >= 15 is 4.39 Å². The van der Waals surface area contributed by atoms with Crippen LogP contribution in [0.3, 0.4) is 0 Å². The highest BCUT2D eigenvalue weighted by Gasteiger charge is 2.29. The maximum atomic E-state index is 15.2. The van der Waals surface area contributed by atoms with Crippen molar-refractivity contribution in [3.05, 3.63) is 101 Å². The number of aromatic nitrogens is 5. The van der Waals surface area contributed by atoms with Crippen LogP contribution in [0, 0.1) is 11.7 Å². The molecule has 3 fully saturated rings. The number of benzene rings is 2. The fourth-order valence-corrected chi connectivity index (χ4v) is 8.79. The maximum absolute atomic E-state index is 15.2. The molecule has 312 valence electrons. The Balaban J connectivity index is 0.782. The maximum Gasteiger partial charge on any atom is 0.278 e.